The fourth-order valence-corrected chi connectivity index (χ4v) is 2.31. The number of benzene rings is 1. The van der Waals surface area contributed by atoms with Crippen LogP contribution in [-0.2, 0) is 5.54 Å². The third-order valence-corrected chi connectivity index (χ3v) is 3.47. The molecule has 1 saturated carbocycles. The molecule has 0 aliphatic heterocycles. The molecule has 1 aromatic rings. The lowest BCUT2D eigenvalue weighted by atomic mass is 9.76. The van der Waals surface area contributed by atoms with Gasteiger partial charge >= 0.3 is 0 Å². The van der Waals surface area contributed by atoms with Crippen molar-refractivity contribution >= 4 is 0 Å². The van der Waals surface area contributed by atoms with E-state index in [2.05, 4.69) is 0 Å². The van der Waals surface area contributed by atoms with Crippen molar-refractivity contribution < 1.29 is 8.78 Å². The summed E-state index contributed by atoms with van der Waals surface area (Å²) in [6, 6.07) is 7.87. The van der Waals surface area contributed by atoms with Gasteiger partial charge in [0.25, 0.3) is 0 Å². The number of nitrogens with two attached hydrogens (primary N) is 1. The molecule has 0 atom stereocenters. The first-order chi connectivity index (χ1) is 7.41. The van der Waals surface area contributed by atoms with Gasteiger partial charge in [-0.05, 0) is 25.3 Å². The van der Waals surface area contributed by atoms with Gasteiger partial charge in [-0.15, -0.1) is 0 Å². The van der Waals surface area contributed by atoms with Crippen LogP contribution >= 0.6 is 0 Å². The highest BCUT2D eigenvalue weighted by molar-refractivity contribution is 5.29. The number of aryl methyl sites for hydroxylation is 1. The zero-order valence-corrected chi connectivity index (χ0v) is 9.47. The molecule has 16 heavy (non-hydrogen) atoms. The van der Waals surface area contributed by atoms with E-state index in [1.54, 1.807) is 0 Å². The van der Waals surface area contributed by atoms with Crippen LogP contribution in [0, 0.1) is 6.92 Å². The Balaban J connectivity index is 2.21. The maximum absolute atomic E-state index is 13.1. The third-order valence-electron chi connectivity index (χ3n) is 3.47. The predicted octanol–water partition coefficient (Wildman–Crippen LogP) is 3.36. The van der Waals surface area contributed by atoms with E-state index in [9.17, 15) is 8.78 Å². The monoisotopic (exact) mass is 225 g/mol. The van der Waals surface area contributed by atoms with Gasteiger partial charge in [0.1, 0.15) is 0 Å². The van der Waals surface area contributed by atoms with Crippen LogP contribution in [0.3, 0.4) is 0 Å². The molecule has 0 saturated heterocycles. The summed E-state index contributed by atoms with van der Waals surface area (Å²) < 4.78 is 26.2. The van der Waals surface area contributed by atoms with Gasteiger partial charge in [-0.2, -0.15) is 0 Å². The highest BCUT2D eigenvalue weighted by Crippen LogP contribution is 2.42. The summed E-state index contributed by atoms with van der Waals surface area (Å²) in [6.07, 6.45) is 0.530. The minimum Gasteiger partial charge on any atom is -0.321 e. The maximum atomic E-state index is 13.1. The molecule has 1 nitrogen and oxygen atoms in total. The van der Waals surface area contributed by atoms with Crippen molar-refractivity contribution in [3.8, 4) is 0 Å². The SMILES string of the molecule is Cc1cccc(C2(N)CCC(F)(F)CC2)c1. The average Bonchev–Trinajstić information content (AvgIpc) is 2.23. The average molecular weight is 225 g/mol. The molecule has 1 fully saturated rings. The van der Waals surface area contributed by atoms with Crippen molar-refractivity contribution in [3.63, 3.8) is 0 Å². The van der Waals surface area contributed by atoms with Gasteiger partial charge in [0.2, 0.25) is 5.92 Å². The molecule has 0 aromatic heterocycles. The summed E-state index contributed by atoms with van der Waals surface area (Å²) in [4.78, 5) is 0. The van der Waals surface area contributed by atoms with Crippen LogP contribution in [0.2, 0.25) is 0 Å². The van der Waals surface area contributed by atoms with Crippen LogP contribution in [0.1, 0.15) is 36.8 Å². The molecule has 1 aliphatic carbocycles. The van der Waals surface area contributed by atoms with Gasteiger partial charge in [-0.3, -0.25) is 0 Å². The van der Waals surface area contributed by atoms with Crippen LogP contribution < -0.4 is 5.73 Å². The minimum absolute atomic E-state index is 0.0998. The number of alkyl halides is 2. The molecule has 2 N–H and O–H groups in total. The number of hydrogen-bond donors (Lipinski definition) is 1. The fraction of sp³-hybridized carbons (Fsp3) is 0.538. The minimum atomic E-state index is -2.52. The third kappa shape index (κ3) is 2.24. The molecule has 3 heteroatoms. The molecular formula is C13H17F2N. The Bertz CT molecular complexity index is 377. The standard InChI is InChI=1S/C13H17F2N/c1-10-3-2-4-11(9-10)12(16)5-7-13(14,15)8-6-12/h2-4,9H,5-8,16H2,1H3. The molecule has 0 bridgehead atoms. The Morgan fingerprint density at radius 2 is 1.75 bits per heavy atom. The summed E-state index contributed by atoms with van der Waals surface area (Å²) in [7, 11) is 0. The summed E-state index contributed by atoms with van der Waals surface area (Å²) in [5.41, 5.74) is 7.79. The van der Waals surface area contributed by atoms with Crippen molar-refractivity contribution in [2.24, 2.45) is 5.73 Å². The highest BCUT2D eigenvalue weighted by atomic mass is 19.3. The van der Waals surface area contributed by atoms with Crippen molar-refractivity contribution in [2.75, 3.05) is 0 Å². The zero-order chi connectivity index (χ0) is 11.8. The van der Waals surface area contributed by atoms with Crippen molar-refractivity contribution in [1.29, 1.82) is 0 Å². The first-order valence-corrected chi connectivity index (χ1v) is 5.65. The molecule has 88 valence electrons. The summed E-state index contributed by atoms with van der Waals surface area (Å²) >= 11 is 0. The molecule has 0 heterocycles. The quantitative estimate of drug-likeness (QED) is 0.779. The van der Waals surface area contributed by atoms with Crippen molar-refractivity contribution in [3.05, 3.63) is 35.4 Å². The van der Waals surface area contributed by atoms with Crippen LogP contribution in [0.4, 0.5) is 8.78 Å². The summed E-state index contributed by atoms with van der Waals surface area (Å²) in [6.45, 7) is 1.99. The van der Waals surface area contributed by atoms with Crippen LogP contribution in [0.25, 0.3) is 0 Å². The van der Waals surface area contributed by atoms with Crippen molar-refractivity contribution in [1.82, 2.24) is 0 Å². The Hall–Kier alpha value is -0.960. The lowest BCUT2D eigenvalue weighted by Crippen LogP contribution is -2.43. The van der Waals surface area contributed by atoms with Gasteiger partial charge in [0, 0.05) is 18.4 Å². The van der Waals surface area contributed by atoms with E-state index in [4.69, 9.17) is 5.73 Å². The Labute approximate surface area is 94.7 Å². The molecule has 0 spiro atoms. The summed E-state index contributed by atoms with van der Waals surface area (Å²) in [5.74, 6) is -2.52. The van der Waals surface area contributed by atoms with Gasteiger partial charge < -0.3 is 5.73 Å². The Morgan fingerprint density at radius 3 is 2.31 bits per heavy atom. The van der Waals surface area contributed by atoms with Crippen LogP contribution in [0.5, 0.6) is 0 Å². The smallest absolute Gasteiger partial charge is 0.248 e. The van der Waals surface area contributed by atoms with Crippen LogP contribution in [-0.4, -0.2) is 5.92 Å². The Morgan fingerprint density at radius 1 is 1.12 bits per heavy atom. The molecule has 0 amide bonds. The maximum Gasteiger partial charge on any atom is 0.248 e. The molecule has 0 unspecified atom stereocenters. The first-order valence-electron chi connectivity index (χ1n) is 5.65. The van der Waals surface area contributed by atoms with Gasteiger partial charge in [0.15, 0.2) is 0 Å². The molecule has 1 aliphatic rings. The molecule has 2 rings (SSSR count). The van der Waals surface area contributed by atoms with E-state index in [0.29, 0.717) is 12.8 Å². The largest absolute Gasteiger partial charge is 0.321 e. The lowest BCUT2D eigenvalue weighted by Gasteiger charge is -2.37. The first kappa shape index (κ1) is 11.5. The van der Waals surface area contributed by atoms with E-state index in [-0.39, 0.29) is 12.8 Å². The Kier molecular flexibility index (Phi) is 2.74. The second-order valence-corrected chi connectivity index (χ2v) is 4.88. The predicted molar refractivity (Wildman–Crippen MR) is 60.5 cm³/mol. The van der Waals surface area contributed by atoms with Gasteiger partial charge in [0.05, 0.1) is 0 Å². The fourth-order valence-electron chi connectivity index (χ4n) is 2.31. The molecule has 0 radical (unpaired) electrons. The highest BCUT2D eigenvalue weighted by Gasteiger charge is 2.41. The molecular weight excluding hydrogens is 208 g/mol. The van der Waals surface area contributed by atoms with E-state index in [1.807, 2.05) is 31.2 Å². The number of halogens is 2. The number of hydrogen-bond acceptors (Lipinski definition) is 1. The lowest BCUT2D eigenvalue weighted by molar-refractivity contribution is -0.0514. The number of rotatable bonds is 1. The van der Waals surface area contributed by atoms with E-state index >= 15 is 0 Å². The van der Waals surface area contributed by atoms with Crippen LogP contribution in [0.15, 0.2) is 24.3 Å². The summed E-state index contributed by atoms with van der Waals surface area (Å²) in [5, 5.41) is 0. The van der Waals surface area contributed by atoms with E-state index in [1.165, 1.54) is 0 Å². The topological polar surface area (TPSA) is 26.0 Å². The van der Waals surface area contributed by atoms with Gasteiger partial charge in [-0.1, -0.05) is 29.8 Å². The van der Waals surface area contributed by atoms with E-state index < -0.39 is 11.5 Å². The molecule has 1 aromatic carbocycles. The second-order valence-electron chi connectivity index (χ2n) is 4.88. The van der Waals surface area contributed by atoms with E-state index in [0.717, 1.165) is 11.1 Å². The zero-order valence-electron chi connectivity index (χ0n) is 9.47. The van der Waals surface area contributed by atoms with Gasteiger partial charge in [-0.25, -0.2) is 8.78 Å². The second kappa shape index (κ2) is 3.81. The van der Waals surface area contributed by atoms with Crippen molar-refractivity contribution in [2.45, 2.75) is 44.1 Å². The normalized spacial score (nSPS) is 23.0.